The zero-order chi connectivity index (χ0) is 13.5. The van der Waals surface area contributed by atoms with E-state index in [4.69, 9.17) is 5.84 Å². The molecule has 1 atom stereocenters. The van der Waals surface area contributed by atoms with Gasteiger partial charge in [-0.15, -0.1) is 0 Å². The molecule has 3 N–H and O–H groups in total. The number of thiol groups is 1. The van der Waals surface area contributed by atoms with Gasteiger partial charge in [0.1, 0.15) is 5.25 Å². The largest absolute Gasteiger partial charge is 0.378 e. The second kappa shape index (κ2) is 7.03. The number of carbonyl (C=O) groups is 1. The third-order valence-electron chi connectivity index (χ3n) is 2.37. The van der Waals surface area contributed by atoms with E-state index in [1.165, 1.54) is 0 Å². The summed E-state index contributed by atoms with van der Waals surface area (Å²) in [5.41, 5.74) is 4.15. The zero-order valence-corrected chi connectivity index (χ0v) is 11.4. The van der Waals surface area contributed by atoms with E-state index in [0.29, 0.717) is 6.54 Å². The number of hydrogen-bond acceptors (Lipinski definition) is 5. The normalized spacial score (nSPS) is 12.4. The first-order valence-electron chi connectivity index (χ1n) is 5.50. The summed E-state index contributed by atoms with van der Waals surface area (Å²) in [6, 6.07) is 7.95. The van der Waals surface area contributed by atoms with Crippen LogP contribution in [0.4, 0.5) is 5.69 Å². The molecule has 0 saturated heterocycles. The van der Waals surface area contributed by atoms with E-state index in [1.54, 1.807) is 6.21 Å². The number of nitrogens with zero attached hydrogens (tertiary/aromatic N) is 2. The van der Waals surface area contributed by atoms with Crippen LogP contribution in [0.25, 0.3) is 0 Å². The summed E-state index contributed by atoms with van der Waals surface area (Å²) < 4.78 is 0. The highest BCUT2D eigenvalue weighted by Gasteiger charge is 2.10. The van der Waals surface area contributed by atoms with E-state index in [9.17, 15) is 4.79 Å². The molecule has 6 heteroatoms. The van der Waals surface area contributed by atoms with Gasteiger partial charge in [0.2, 0.25) is 5.91 Å². The maximum atomic E-state index is 11.1. The molecule has 1 aromatic rings. The van der Waals surface area contributed by atoms with Crippen LogP contribution < -0.4 is 16.2 Å². The lowest BCUT2D eigenvalue weighted by molar-refractivity contribution is -0.120. The molecule has 98 valence electrons. The molecule has 1 amide bonds. The molecular weight excluding hydrogens is 248 g/mol. The Morgan fingerprint density at radius 3 is 2.61 bits per heavy atom. The molecule has 0 bridgehead atoms. The van der Waals surface area contributed by atoms with Crippen molar-refractivity contribution in [3.8, 4) is 0 Å². The maximum absolute atomic E-state index is 11.1. The van der Waals surface area contributed by atoms with Gasteiger partial charge in [0, 0.05) is 26.0 Å². The topological polar surface area (TPSA) is 70.7 Å². The Bertz CT molecular complexity index is 417. The second-order valence-corrected chi connectivity index (χ2v) is 4.63. The van der Waals surface area contributed by atoms with Gasteiger partial charge in [0.05, 0.1) is 6.54 Å². The second-order valence-electron chi connectivity index (χ2n) is 4.00. The molecule has 5 nitrogen and oxygen atoms in total. The summed E-state index contributed by atoms with van der Waals surface area (Å²) >= 11 is 4.08. The molecule has 0 aromatic heterocycles. The van der Waals surface area contributed by atoms with E-state index >= 15 is 0 Å². The Balaban J connectivity index is 2.54. The standard InChI is InChI=1S/C12H18N4OS/c1-16(2)10-5-3-9(4-6-10)7-14-8-11(18)12(17)15-13/h3-7,11,18H,8,13H2,1-2H3,(H,15,17). The van der Waals surface area contributed by atoms with Gasteiger partial charge in [-0.1, -0.05) is 12.1 Å². The lowest BCUT2D eigenvalue weighted by Gasteiger charge is -2.11. The number of nitrogens with two attached hydrogens (primary N) is 1. The average molecular weight is 266 g/mol. The van der Waals surface area contributed by atoms with Gasteiger partial charge in [-0.3, -0.25) is 15.2 Å². The first-order chi connectivity index (χ1) is 8.54. The van der Waals surface area contributed by atoms with Crippen LogP contribution >= 0.6 is 12.6 Å². The van der Waals surface area contributed by atoms with Crippen LogP contribution in [0.3, 0.4) is 0 Å². The van der Waals surface area contributed by atoms with Gasteiger partial charge < -0.3 is 4.90 Å². The Labute approximate surface area is 112 Å². The summed E-state index contributed by atoms with van der Waals surface area (Å²) in [5, 5.41) is -0.521. The van der Waals surface area contributed by atoms with Gasteiger partial charge in [-0.2, -0.15) is 12.6 Å². The molecule has 1 unspecified atom stereocenters. The van der Waals surface area contributed by atoms with Gasteiger partial charge in [-0.25, -0.2) is 5.84 Å². The molecule has 18 heavy (non-hydrogen) atoms. The van der Waals surface area contributed by atoms with Crippen LogP contribution in [0.5, 0.6) is 0 Å². The third-order valence-corrected chi connectivity index (χ3v) is 2.77. The van der Waals surface area contributed by atoms with Crippen LogP contribution in [-0.4, -0.2) is 38.0 Å². The molecule has 1 rings (SSSR count). The molecule has 0 heterocycles. The third kappa shape index (κ3) is 4.38. The molecule has 1 aromatic carbocycles. The predicted octanol–water partition coefficient (Wildman–Crippen LogP) is 0.460. The van der Waals surface area contributed by atoms with Crippen molar-refractivity contribution in [2.45, 2.75) is 5.25 Å². The summed E-state index contributed by atoms with van der Waals surface area (Å²) in [6.45, 7) is 0.293. The Hall–Kier alpha value is -1.53. The molecule has 0 aliphatic rings. The van der Waals surface area contributed by atoms with Crippen LogP contribution in [0, 0.1) is 0 Å². The average Bonchev–Trinajstić information content (AvgIpc) is 2.38. The van der Waals surface area contributed by atoms with Crippen molar-refractivity contribution >= 4 is 30.4 Å². The fourth-order valence-corrected chi connectivity index (χ4v) is 1.46. The SMILES string of the molecule is CN(C)c1ccc(C=NCC(S)C(=O)NN)cc1. The van der Waals surface area contributed by atoms with E-state index in [-0.39, 0.29) is 5.91 Å². The number of anilines is 1. The number of aliphatic imine (C=N–C) groups is 1. The van der Waals surface area contributed by atoms with Crippen LogP contribution in [0.15, 0.2) is 29.3 Å². The van der Waals surface area contributed by atoms with Gasteiger partial charge >= 0.3 is 0 Å². The van der Waals surface area contributed by atoms with Crippen LogP contribution in [-0.2, 0) is 4.79 Å². The number of carbonyl (C=O) groups excluding carboxylic acids is 1. The lowest BCUT2D eigenvalue weighted by atomic mass is 10.2. The van der Waals surface area contributed by atoms with Gasteiger partial charge in [0.25, 0.3) is 0 Å². The predicted molar refractivity (Wildman–Crippen MR) is 78.3 cm³/mol. The number of amides is 1. The van der Waals surface area contributed by atoms with Crippen molar-refractivity contribution in [1.29, 1.82) is 0 Å². The fraction of sp³-hybridized carbons (Fsp3) is 0.333. The highest BCUT2D eigenvalue weighted by molar-refractivity contribution is 7.81. The van der Waals surface area contributed by atoms with Gasteiger partial charge in [0.15, 0.2) is 0 Å². The number of rotatable bonds is 5. The molecule has 0 saturated carbocycles. The van der Waals surface area contributed by atoms with Gasteiger partial charge in [-0.05, 0) is 17.7 Å². The first kappa shape index (κ1) is 14.5. The van der Waals surface area contributed by atoms with E-state index in [0.717, 1.165) is 11.3 Å². The van der Waals surface area contributed by atoms with E-state index in [2.05, 4.69) is 17.6 Å². The number of hydrogen-bond donors (Lipinski definition) is 3. The van der Waals surface area contributed by atoms with Crippen molar-refractivity contribution in [2.24, 2.45) is 10.8 Å². The zero-order valence-electron chi connectivity index (χ0n) is 10.5. The Morgan fingerprint density at radius 1 is 1.50 bits per heavy atom. The number of hydrazine groups is 1. The minimum absolute atomic E-state index is 0.293. The van der Waals surface area contributed by atoms with Crippen LogP contribution in [0.2, 0.25) is 0 Å². The van der Waals surface area contributed by atoms with Crippen molar-refractivity contribution < 1.29 is 4.79 Å². The quantitative estimate of drug-likeness (QED) is 0.238. The van der Waals surface area contributed by atoms with Crippen molar-refractivity contribution in [2.75, 3.05) is 25.5 Å². The summed E-state index contributed by atoms with van der Waals surface area (Å²) in [5.74, 6) is 4.66. The van der Waals surface area contributed by atoms with Crippen molar-refractivity contribution in [1.82, 2.24) is 5.43 Å². The summed E-state index contributed by atoms with van der Waals surface area (Å²) in [4.78, 5) is 17.3. The van der Waals surface area contributed by atoms with E-state index < -0.39 is 5.25 Å². The summed E-state index contributed by atoms with van der Waals surface area (Å²) in [6.07, 6.45) is 1.71. The maximum Gasteiger partial charge on any atom is 0.248 e. The van der Waals surface area contributed by atoms with E-state index in [1.807, 2.05) is 48.7 Å². The highest BCUT2D eigenvalue weighted by atomic mass is 32.1. The van der Waals surface area contributed by atoms with Crippen LogP contribution in [0.1, 0.15) is 5.56 Å². The monoisotopic (exact) mass is 266 g/mol. The molecule has 0 aliphatic carbocycles. The smallest absolute Gasteiger partial charge is 0.248 e. The Kier molecular flexibility index (Phi) is 5.67. The summed E-state index contributed by atoms with van der Waals surface area (Å²) in [7, 11) is 3.97. The fourth-order valence-electron chi connectivity index (χ4n) is 1.30. The molecular formula is C12H18N4OS. The molecule has 0 fully saturated rings. The minimum atomic E-state index is -0.521. The first-order valence-corrected chi connectivity index (χ1v) is 6.02. The van der Waals surface area contributed by atoms with Crippen molar-refractivity contribution in [3.05, 3.63) is 29.8 Å². The molecule has 0 radical (unpaired) electrons. The molecule has 0 aliphatic heterocycles. The Morgan fingerprint density at radius 2 is 2.11 bits per heavy atom. The number of nitrogens with one attached hydrogen (secondary N) is 1. The van der Waals surface area contributed by atoms with Crippen molar-refractivity contribution in [3.63, 3.8) is 0 Å². The molecule has 0 spiro atoms. The number of benzene rings is 1. The minimum Gasteiger partial charge on any atom is -0.378 e. The highest BCUT2D eigenvalue weighted by Crippen LogP contribution is 2.11. The lowest BCUT2D eigenvalue weighted by Crippen LogP contribution is -2.37.